The van der Waals surface area contributed by atoms with Gasteiger partial charge in [0, 0.05) is 26.2 Å². The topological polar surface area (TPSA) is 149 Å². The quantitative estimate of drug-likeness (QED) is 0.382. The van der Waals surface area contributed by atoms with Crippen LogP contribution in [-0.4, -0.2) is 83.6 Å². The van der Waals surface area contributed by atoms with Gasteiger partial charge in [-0.05, 0) is 6.42 Å². The highest BCUT2D eigenvalue weighted by Gasteiger charge is 2.55. The molecule has 1 heterocycles. The summed E-state index contributed by atoms with van der Waals surface area (Å²) in [6.07, 6.45) is -4.50. The second kappa shape index (κ2) is 11.4. The number of rotatable bonds is 11. The highest BCUT2D eigenvalue weighted by Crippen LogP contribution is 2.33. The maximum absolute atomic E-state index is 12.3. The predicted octanol–water partition coefficient (Wildman–Crippen LogP) is -0.544. The molecule has 0 aromatic rings. The van der Waals surface area contributed by atoms with Gasteiger partial charge in [0.25, 0.3) is 5.79 Å². The van der Waals surface area contributed by atoms with Crippen molar-refractivity contribution in [2.45, 2.75) is 76.2 Å². The number of hydrogen-bond donors (Lipinski definition) is 3. The molecule has 0 aliphatic carbocycles. The van der Waals surface area contributed by atoms with E-state index in [1.165, 1.54) is 0 Å². The van der Waals surface area contributed by atoms with E-state index in [4.69, 9.17) is 14.2 Å². The molecule has 0 aromatic heterocycles. The van der Waals surface area contributed by atoms with Gasteiger partial charge in [-0.3, -0.25) is 9.59 Å². The molecule has 1 rings (SSSR count). The summed E-state index contributed by atoms with van der Waals surface area (Å²) in [7, 11) is 1.09. The van der Waals surface area contributed by atoms with E-state index < -0.39 is 55.2 Å². The molecule has 162 valence electrons. The molecule has 0 bridgehead atoms. The van der Waals surface area contributed by atoms with Crippen LogP contribution < -0.4 is 0 Å². The Labute approximate surface area is 163 Å². The van der Waals surface area contributed by atoms with Crippen molar-refractivity contribution in [1.29, 1.82) is 0 Å². The number of ether oxygens (including phenoxy) is 4. The molecule has 1 aliphatic heterocycles. The number of hydrogen-bond acceptors (Lipinski definition) is 10. The maximum atomic E-state index is 12.3. The molecule has 10 nitrogen and oxygen atoms in total. The van der Waals surface area contributed by atoms with Crippen LogP contribution in [0.4, 0.5) is 0 Å². The van der Waals surface area contributed by atoms with Crippen molar-refractivity contribution in [3.63, 3.8) is 0 Å². The van der Waals surface area contributed by atoms with Crippen LogP contribution in [0.5, 0.6) is 0 Å². The molecule has 28 heavy (non-hydrogen) atoms. The summed E-state index contributed by atoms with van der Waals surface area (Å²) in [6, 6.07) is 0. The van der Waals surface area contributed by atoms with Gasteiger partial charge in [-0.2, -0.15) is 0 Å². The van der Waals surface area contributed by atoms with E-state index in [1.54, 1.807) is 0 Å². The Morgan fingerprint density at radius 1 is 1.25 bits per heavy atom. The zero-order valence-electron chi connectivity index (χ0n) is 16.5. The Bertz CT molecular complexity index is 536. The first-order chi connectivity index (χ1) is 13.2. The third kappa shape index (κ3) is 6.78. The summed E-state index contributed by atoms with van der Waals surface area (Å²) in [6.45, 7) is 2.40. The van der Waals surface area contributed by atoms with Gasteiger partial charge in [-0.1, -0.05) is 13.3 Å². The average molecular weight is 406 g/mol. The number of unbranched alkanes of at least 4 members (excludes halogenated alkanes) is 1. The Morgan fingerprint density at radius 3 is 2.50 bits per heavy atom. The van der Waals surface area contributed by atoms with Crippen LogP contribution in [0.25, 0.3) is 0 Å². The lowest BCUT2D eigenvalue weighted by Gasteiger charge is -2.44. The molecule has 1 saturated heterocycles. The largest absolute Gasteiger partial charge is 0.465 e. The SMILES string of the molecule is CCCCC(=O)CCO[C@]1(C(=O)OC)C[C@@H](O)[C@@H](O)C([C@H](O)COC(C)=O)O1. The first-order valence-corrected chi connectivity index (χ1v) is 9.26. The minimum Gasteiger partial charge on any atom is -0.465 e. The van der Waals surface area contributed by atoms with Crippen LogP contribution in [0, 0.1) is 0 Å². The second-order valence-electron chi connectivity index (χ2n) is 6.70. The average Bonchev–Trinajstić information content (AvgIpc) is 2.66. The lowest BCUT2D eigenvalue weighted by atomic mass is 9.92. The lowest BCUT2D eigenvalue weighted by molar-refractivity contribution is -0.324. The van der Waals surface area contributed by atoms with Gasteiger partial charge in [-0.25, -0.2) is 4.79 Å². The Morgan fingerprint density at radius 2 is 1.93 bits per heavy atom. The summed E-state index contributed by atoms with van der Waals surface area (Å²) >= 11 is 0. The molecule has 0 amide bonds. The minimum absolute atomic E-state index is 0.0292. The normalized spacial score (nSPS) is 28.4. The van der Waals surface area contributed by atoms with Crippen LogP contribution in [-0.2, 0) is 33.3 Å². The van der Waals surface area contributed by atoms with Crippen molar-refractivity contribution in [1.82, 2.24) is 0 Å². The molecule has 3 N–H and O–H groups in total. The van der Waals surface area contributed by atoms with Crippen molar-refractivity contribution in [3.8, 4) is 0 Å². The van der Waals surface area contributed by atoms with Crippen LogP contribution in [0.2, 0.25) is 0 Å². The summed E-state index contributed by atoms with van der Waals surface area (Å²) in [5.41, 5.74) is 0. The van der Waals surface area contributed by atoms with Gasteiger partial charge >= 0.3 is 11.9 Å². The van der Waals surface area contributed by atoms with Crippen LogP contribution in [0.1, 0.15) is 46.0 Å². The summed E-state index contributed by atoms with van der Waals surface area (Å²) in [4.78, 5) is 35.0. The minimum atomic E-state index is -2.11. The van der Waals surface area contributed by atoms with E-state index in [0.717, 1.165) is 26.9 Å². The van der Waals surface area contributed by atoms with Crippen LogP contribution in [0.3, 0.4) is 0 Å². The van der Waals surface area contributed by atoms with Gasteiger partial charge in [0.1, 0.15) is 30.7 Å². The monoisotopic (exact) mass is 406 g/mol. The molecule has 1 fully saturated rings. The summed E-state index contributed by atoms with van der Waals surface area (Å²) in [5.74, 6) is -3.81. The third-order valence-electron chi connectivity index (χ3n) is 4.39. The number of aliphatic hydroxyl groups is 3. The Hall–Kier alpha value is -1.59. The molecule has 0 radical (unpaired) electrons. The highest BCUT2D eigenvalue weighted by atomic mass is 16.7. The zero-order chi connectivity index (χ0) is 21.3. The molecule has 1 aliphatic rings. The Balaban J connectivity index is 2.88. The molecule has 0 aromatic carbocycles. The van der Waals surface area contributed by atoms with E-state index in [0.29, 0.717) is 6.42 Å². The van der Waals surface area contributed by atoms with Gasteiger partial charge in [-0.15, -0.1) is 0 Å². The first kappa shape index (κ1) is 24.4. The second-order valence-corrected chi connectivity index (χ2v) is 6.70. The van der Waals surface area contributed by atoms with Crippen molar-refractivity contribution in [3.05, 3.63) is 0 Å². The number of carbonyl (C=O) groups is 3. The Kier molecular flexibility index (Phi) is 9.97. The maximum Gasteiger partial charge on any atom is 0.366 e. The van der Waals surface area contributed by atoms with E-state index in [-0.39, 0.29) is 18.8 Å². The molecule has 0 spiro atoms. The molecule has 1 unspecified atom stereocenters. The smallest absolute Gasteiger partial charge is 0.366 e. The predicted molar refractivity (Wildman–Crippen MR) is 94.0 cm³/mol. The fraction of sp³-hybridized carbons (Fsp3) is 0.833. The molecule has 0 saturated carbocycles. The molecule has 5 atom stereocenters. The standard InChI is InChI=1S/C18H30O10/c1-4-5-6-12(20)7-8-27-18(17(24)25-3)9-13(21)15(23)16(28-18)14(22)10-26-11(2)19/h13-16,21-23H,4-10H2,1-3H3/t13-,14-,15-,16?,18-/m1/s1. The van der Waals surface area contributed by atoms with E-state index >= 15 is 0 Å². The number of Topliss-reactive ketones (excluding diaryl/α,β-unsaturated/α-hetero) is 1. The molecular formula is C18H30O10. The van der Waals surface area contributed by atoms with E-state index in [1.807, 2.05) is 6.92 Å². The van der Waals surface area contributed by atoms with Crippen molar-refractivity contribution < 1.29 is 48.7 Å². The number of aliphatic hydroxyl groups excluding tert-OH is 3. The number of ketones is 1. The number of methoxy groups -OCH3 is 1. The molecular weight excluding hydrogens is 376 g/mol. The number of esters is 2. The van der Waals surface area contributed by atoms with Crippen LogP contribution in [0.15, 0.2) is 0 Å². The highest BCUT2D eigenvalue weighted by molar-refractivity contribution is 5.79. The zero-order valence-corrected chi connectivity index (χ0v) is 16.5. The van der Waals surface area contributed by atoms with Crippen molar-refractivity contribution in [2.75, 3.05) is 20.3 Å². The van der Waals surface area contributed by atoms with Crippen molar-refractivity contribution in [2.24, 2.45) is 0 Å². The summed E-state index contributed by atoms with van der Waals surface area (Å²) < 4.78 is 20.4. The number of carbonyl (C=O) groups excluding carboxylic acids is 3. The van der Waals surface area contributed by atoms with Gasteiger partial charge in [0.05, 0.1) is 19.8 Å². The fourth-order valence-electron chi connectivity index (χ4n) is 2.82. The summed E-state index contributed by atoms with van der Waals surface area (Å²) in [5, 5.41) is 30.5. The third-order valence-corrected chi connectivity index (χ3v) is 4.39. The molecule has 10 heteroatoms. The fourth-order valence-corrected chi connectivity index (χ4v) is 2.82. The van der Waals surface area contributed by atoms with Crippen molar-refractivity contribution >= 4 is 17.7 Å². The first-order valence-electron chi connectivity index (χ1n) is 9.26. The van der Waals surface area contributed by atoms with Gasteiger partial charge in [0.2, 0.25) is 0 Å². The van der Waals surface area contributed by atoms with Gasteiger partial charge < -0.3 is 34.3 Å². The van der Waals surface area contributed by atoms with E-state index in [9.17, 15) is 29.7 Å². The van der Waals surface area contributed by atoms with E-state index in [2.05, 4.69) is 4.74 Å². The van der Waals surface area contributed by atoms with Gasteiger partial charge in [0.15, 0.2) is 0 Å². The lowest BCUT2D eigenvalue weighted by Crippen LogP contribution is -2.63. The van der Waals surface area contributed by atoms with Crippen LogP contribution >= 0.6 is 0 Å².